The van der Waals surface area contributed by atoms with Gasteiger partial charge in [0.1, 0.15) is 0 Å². The van der Waals surface area contributed by atoms with Gasteiger partial charge in [-0.1, -0.05) is 18.6 Å². The van der Waals surface area contributed by atoms with Gasteiger partial charge >= 0.3 is 0 Å². The molecule has 2 unspecified atom stereocenters. The Kier molecular flexibility index (Phi) is 6.70. The highest BCUT2D eigenvalue weighted by Gasteiger charge is 2.19. The molecule has 2 N–H and O–H groups in total. The topological polar surface area (TPSA) is 59.3 Å². The molecular weight excluding hydrogens is 274 g/mol. The first kappa shape index (κ1) is 16.8. The molecule has 22 heavy (non-hydrogen) atoms. The molecule has 4 nitrogen and oxygen atoms in total. The van der Waals surface area contributed by atoms with Crippen LogP contribution in [0.3, 0.4) is 0 Å². The molecule has 0 amide bonds. The Labute approximate surface area is 133 Å². The zero-order valence-electron chi connectivity index (χ0n) is 13.5. The van der Waals surface area contributed by atoms with Crippen molar-refractivity contribution in [2.24, 2.45) is 5.92 Å². The summed E-state index contributed by atoms with van der Waals surface area (Å²) < 4.78 is 0. The number of aliphatic hydroxyl groups excluding tert-OH is 1. The van der Waals surface area contributed by atoms with Crippen molar-refractivity contribution in [2.75, 3.05) is 25.0 Å². The molecule has 1 fully saturated rings. The summed E-state index contributed by atoms with van der Waals surface area (Å²) in [5.74, 6) is 0.611. The first-order valence-electron chi connectivity index (χ1n) is 8.25. The fraction of sp³-hybridized carbons (Fsp3) is 0.611. The van der Waals surface area contributed by atoms with Gasteiger partial charge in [0.05, 0.1) is 18.6 Å². The van der Waals surface area contributed by atoms with Gasteiger partial charge in [0.15, 0.2) is 0 Å². The smallest absolute Gasteiger partial charge is 0.0640 e. The molecule has 4 heteroatoms. The van der Waals surface area contributed by atoms with E-state index < -0.39 is 0 Å². The molecule has 1 aliphatic rings. The first-order chi connectivity index (χ1) is 10.7. The molecule has 1 aromatic rings. The van der Waals surface area contributed by atoms with Crippen molar-refractivity contribution in [1.29, 1.82) is 5.26 Å². The fourth-order valence-corrected chi connectivity index (χ4v) is 3.08. The Morgan fingerprint density at radius 1 is 1.32 bits per heavy atom. The van der Waals surface area contributed by atoms with Crippen molar-refractivity contribution in [1.82, 2.24) is 5.32 Å². The number of rotatable bonds is 7. The molecular formula is C18H27N3O. The van der Waals surface area contributed by atoms with E-state index in [4.69, 9.17) is 5.26 Å². The van der Waals surface area contributed by atoms with Gasteiger partial charge in [-0.2, -0.15) is 5.26 Å². The highest BCUT2D eigenvalue weighted by Crippen LogP contribution is 2.23. The standard InChI is InChI=1S/C18H27N3O/c1-21(11-3-10-19)17-8-6-15(7-9-17)13-20-14-16-4-2-5-18(22)12-16/h6-9,16,18,20,22H,2-5,11-14H2,1H3. The van der Waals surface area contributed by atoms with E-state index in [9.17, 15) is 5.11 Å². The molecule has 1 aliphatic carbocycles. The molecule has 0 spiro atoms. The summed E-state index contributed by atoms with van der Waals surface area (Å²) in [6.45, 7) is 2.62. The van der Waals surface area contributed by atoms with Crippen LogP contribution in [0.4, 0.5) is 5.69 Å². The minimum absolute atomic E-state index is 0.0937. The van der Waals surface area contributed by atoms with Crippen LogP contribution < -0.4 is 10.2 Å². The van der Waals surface area contributed by atoms with Crippen molar-refractivity contribution >= 4 is 5.69 Å². The lowest BCUT2D eigenvalue weighted by Gasteiger charge is -2.26. The molecule has 0 aromatic heterocycles. The summed E-state index contributed by atoms with van der Waals surface area (Å²) in [5, 5.41) is 21.8. The summed E-state index contributed by atoms with van der Waals surface area (Å²) >= 11 is 0. The summed E-state index contributed by atoms with van der Waals surface area (Å²) in [4.78, 5) is 2.10. The van der Waals surface area contributed by atoms with E-state index in [1.165, 1.54) is 12.0 Å². The first-order valence-corrected chi connectivity index (χ1v) is 8.25. The number of hydrogen-bond donors (Lipinski definition) is 2. The van der Waals surface area contributed by atoms with Crippen LogP contribution in [-0.2, 0) is 6.54 Å². The second kappa shape index (κ2) is 8.77. The second-order valence-corrected chi connectivity index (χ2v) is 6.31. The molecule has 0 radical (unpaired) electrons. The summed E-state index contributed by atoms with van der Waals surface area (Å²) in [6.07, 6.45) is 4.74. The monoisotopic (exact) mass is 301 g/mol. The fourth-order valence-electron chi connectivity index (χ4n) is 3.08. The summed E-state index contributed by atoms with van der Waals surface area (Å²) in [6, 6.07) is 10.7. The van der Waals surface area contributed by atoms with Crippen molar-refractivity contribution < 1.29 is 5.11 Å². The van der Waals surface area contributed by atoms with Crippen LogP contribution in [0.25, 0.3) is 0 Å². The third-order valence-electron chi connectivity index (χ3n) is 4.45. The van der Waals surface area contributed by atoms with Crippen molar-refractivity contribution in [3.8, 4) is 6.07 Å². The predicted octanol–water partition coefficient (Wildman–Crippen LogP) is 2.68. The zero-order valence-corrected chi connectivity index (χ0v) is 13.5. The lowest BCUT2D eigenvalue weighted by atomic mass is 9.87. The maximum Gasteiger partial charge on any atom is 0.0640 e. The van der Waals surface area contributed by atoms with Crippen LogP contribution in [-0.4, -0.2) is 31.3 Å². The van der Waals surface area contributed by atoms with Crippen LogP contribution in [0.1, 0.15) is 37.7 Å². The van der Waals surface area contributed by atoms with Gasteiger partial charge in [-0.15, -0.1) is 0 Å². The predicted molar refractivity (Wildman–Crippen MR) is 89.6 cm³/mol. The number of hydrogen-bond acceptors (Lipinski definition) is 4. The average Bonchev–Trinajstić information content (AvgIpc) is 2.53. The molecule has 0 bridgehead atoms. The Morgan fingerprint density at radius 3 is 2.77 bits per heavy atom. The van der Waals surface area contributed by atoms with Gasteiger partial charge < -0.3 is 15.3 Å². The van der Waals surface area contributed by atoms with E-state index in [1.54, 1.807) is 0 Å². The van der Waals surface area contributed by atoms with E-state index in [0.29, 0.717) is 12.3 Å². The van der Waals surface area contributed by atoms with E-state index >= 15 is 0 Å². The minimum atomic E-state index is -0.0937. The highest BCUT2D eigenvalue weighted by atomic mass is 16.3. The van der Waals surface area contributed by atoms with Gasteiger partial charge in [-0.25, -0.2) is 0 Å². The highest BCUT2D eigenvalue weighted by molar-refractivity contribution is 5.46. The molecule has 0 aliphatic heterocycles. The normalized spacial score (nSPS) is 21.3. The van der Waals surface area contributed by atoms with Crippen LogP contribution in [0.15, 0.2) is 24.3 Å². The average molecular weight is 301 g/mol. The number of anilines is 1. The molecule has 2 rings (SSSR count). The third-order valence-corrected chi connectivity index (χ3v) is 4.45. The lowest BCUT2D eigenvalue weighted by Crippen LogP contribution is -2.28. The molecule has 0 saturated heterocycles. The van der Waals surface area contributed by atoms with Gasteiger partial charge in [-0.3, -0.25) is 0 Å². The summed E-state index contributed by atoms with van der Waals surface area (Å²) in [5.41, 5.74) is 2.42. The van der Waals surface area contributed by atoms with E-state index in [1.807, 2.05) is 7.05 Å². The van der Waals surface area contributed by atoms with E-state index in [2.05, 4.69) is 40.6 Å². The maximum atomic E-state index is 9.69. The number of benzene rings is 1. The van der Waals surface area contributed by atoms with E-state index in [0.717, 1.165) is 44.6 Å². The number of nitriles is 1. The number of nitrogens with one attached hydrogen (secondary N) is 1. The van der Waals surface area contributed by atoms with Crippen LogP contribution in [0.5, 0.6) is 0 Å². The zero-order chi connectivity index (χ0) is 15.8. The Bertz CT molecular complexity index is 480. The Morgan fingerprint density at radius 2 is 2.09 bits per heavy atom. The van der Waals surface area contributed by atoms with Crippen LogP contribution >= 0.6 is 0 Å². The van der Waals surface area contributed by atoms with Crippen LogP contribution in [0.2, 0.25) is 0 Å². The minimum Gasteiger partial charge on any atom is -0.393 e. The van der Waals surface area contributed by atoms with Gasteiger partial charge in [0.2, 0.25) is 0 Å². The number of nitrogens with zero attached hydrogens (tertiary/aromatic N) is 2. The van der Waals surface area contributed by atoms with Gasteiger partial charge in [0.25, 0.3) is 0 Å². The SMILES string of the molecule is CN(CCC#N)c1ccc(CNCC2CCCC(O)C2)cc1. The third kappa shape index (κ3) is 5.32. The van der Waals surface area contributed by atoms with Crippen molar-refractivity contribution in [3.63, 3.8) is 0 Å². The van der Waals surface area contributed by atoms with Crippen molar-refractivity contribution in [2.45, 2.75) is 44.8 Å². The maximum absolute atomic E-state index is 9.69. The molecule has 120 valence electrons. The summed E-state index contributed by atoms with van der Waals surface area (Å²) in [7, 11) is 2.01. The molecule has 2 atom stereocenters. The molecule has 0 heterocycles. The largest absolute Gasteiger partial charge is 0.393 e. The molecule has 1 saturated carbocycles. The van der Waals surface area contributed by atoms with Gasteiger partial charge in [0, 0.05) is 25.8 Å². The van der Waals surface area contributed by atoms with Crippen LogP contribution in [0, 0.1) is 17.2 Å². The quantitative estimate of drug-likeness (QED) is 0.813. The Balaban J connectivity index is 1.73. The Hall–Kier alpha value is -1.57. The van der Waals surface area contributed by atoms with Gasteiger partial charge in [-0.05, 0) is 49.4 Å². The van der Waals surface area contributed by atoms with E-state index in [-0.39, 0.29) is 6.10 Å². The lowest BCUT2D eigenvalue weighted by molar-refractivity contribution is 0.101. The van der Waals surface area contributed by atoms with Crippen molar-refractivity contribution in [3.05, 3.63) is 29.8 Å². The molecule has 1 aromatic carbocycles. The second-order valence-electron chi connectivity index (χ2n) is 6.31. The number of aliphatic hydroxyl groups is 1.